The van der Waals surface area contributed by atoms with E-state index in [2.05, 4.69) is 34.1 Å². The number of benzene rings is 1. The van der Waals surface area contributed by atoms with Crippen molar-refractivity contribution in [2.45, 2.75) is 25.5 Å². The summed E-state index contributed by atoms with van der Waals surface area (Å²) in [6.07, 6.45) is 5.09. The van der Waals surface area contributed by atoms with Gasteiger partial charge in [0, 0.05) is 24.3 Å². The summed E-state index contributed by atoms with van der Waals surface area (Å²) >= 11 is 0. The zero-order valence-corrected chi connectivity index (χ0v) is 12.2. The Morgan fingerprint density at radius 3 is 2.81 bits per heavy atom. The molecule has 1 fully saturated rings. The number of rotatable bonds is 4. The van der Waals surface area contributed by atoms with Gasteiger partial charge in [0.15, 0.2) is 0 Å². The minimum atomic E-state index is -0.559. The van der Waals surface area contributed by atoms with Crippen molar-refractivity contribution in [3.63, 3.8) is 0 Å². The van der Waals surface area contributed by atoms with Gasteiger partial charge in [0.25, 0.3) is 0 Å². The van der Waals surface area contributed by atoms with Crippen LogP contribution in [0.5, 0.6) is 0 Å². The topological polar surface area (TPSA) is 56.6 Å². The van der Waals surface area contributed by atoms with Crippen molar-refractivity contribution in [2.75, 3.05) is 19.7 Å². The highest BCUT2D eigenvalue weighted by Gasteiger charge is 2.24. The minimum absolute atomic E-state index is 0.124. The molecule has 1 aromatic carbocycles. The quantitative estimate of drug-likeness (QED) is 0.900. The van der Waals surface area contributed by atoms with E-state index in [1.807, 2.05) is 12.4 Å². The largest absolute Gasteiger partial charge is 0.394 e. The van der Waals surface area contributed by atoms with Crippen LogP contribution in [-0.2, 0) is 6.54 Å². The standard InChI is InChI=1S/C17H22N2O2/c20-12-17(21)13-5-8-19(9-6-13)11-15-3-1-2-14-10-18-7-4-16(14)15/h1-4,7,10,13,17,20-21H,5-6,8-9,11-12H2. The highest BCUT2D eigenvalue weighted by atomic mass is 16.3. The molecule has 4 heteroatoms. The molecule has 2 aromatic rings. The van der Waals surface area contributed by atoms with Crippen molar-refractivity contribution in [1.82, 2.24) is 9.88 Å². The molecule has 0 aliphatic carbocycles. The Morgan fingerprint density at radius 1 is 1.24 bits per heavy atom. The Kier molecular flexibility index (Phi) is 4.48. The fourth-order valence-corrected chi connectivity index (χ4v) is 3.21. The lowest BCUT2D eigenvalue weighted by atomic mass is 9.91. The number of nitrogens with zero attached hydrogens (tertiary/aromatic N) is 2. The number of hydrogen-bond donors (Lipinski definition) is 2. The van der Waals surface area contributed by atoms with Crippen LogP contribution < -0.4 is 0 Å². The SMILES string of the molecule is OCC(O)C1CCN(Cc2cccc3cnccc23)CC1. The number of hydrogen-bond acceptors (Lipinski definition) is 4. The number of fused-ring (bicyclic) bond motifs is 1. The first kappa shape index (κ1) is 14.4. The van der Waals surface area contributed by atoms with Crippen LogP contribution in [0.2, 0.25) is 0 Å². The van der Waals surface area contributed by atoms with Crippen LogP contribution in [0.25, 0.3) is 10.8 Å². The molecule has 1 aromatic heterocycles. The smallest absolute Gasteiger partial charge is 0.0799 e. The molecular weight excluding hydrogens is 264 g/mol. The van der Waals surface area contributed by atoms with Gasteiger partial charge in [-0.25, -0.2) is 0 Å². The molecule has 0 saturated carbocycles. The first-order valence-electron chi connectivity index (χ1n) is 7.61. The summed E-state index contributed by atoms with van der Waals surface area (Å²) in [5.74, 6) is 0.239. The summed E-state index contributed by atoms with van der Waals surface area (Å²) < 4.78 is 0. The van der Waals surface area contributed by atoms with Crippen LogP contribution >= 0.6 is 0 Å². The molecule has 2 heterocycles. The van der Waals surface area contributed by atoms with Crippen LogP contribution in [0.4, 0.5) is 0 Å². The molecule has 2 N–H and O–H groups in total. The van der Waals surface area contributed by atoms with Crippen molar-refractivity contribution in [3.8, 4) is 0 Å². The first-order chi connectivity index (χ1) is 10.3. The normalized spacial score (nSPS) is 19.0. The van der Waals surface area contributed by atoms with Crippen molar-refractivity contribution in [2.24, 2.45) is 5.92 Å². The molecule has 3 rings (SSSR count). The maximum atomic E-state index is 9.72. The van der Waals surface area contributed by atoms with Gasteiger partial charge in [-0.2, -0.15) is 0 Å². The monoisotopic (exact) mass is 286 g/mol. The average Bonchev–Trinajstić information content (AvgIpc) is 2.55. The van der Waals surface area contributed by atoms with Gasteiger partial charge in [-0.3, -0.25) is 9.88 Å². The van der Waals surface area contributed by atoms with E-state index in [9.17, 15) is 5.11 Å². The third kappa shape index (κ3) is 3.23. The van der Waals surface area contributed by atoms with Gasteiger partial charge in [-0.1, -0.05) is 18.2 Å². The number of pyridine rings is 1. The molecule has 21 heavy (non-hydrogen) atoms. The fourth-order valence-electron chi connectivity index (χ4n) is 3.21. The van der Waals surface area contributed by atoms with Gasteiger partial charge in [0.1, 0.15) is 0 Å². The van der Waals surface area contributed by atoms with Gasteiger partial charge in [0.2, 0.25) is 0 Å². The van der Waals surface area contributed by atoms with E-state index in [1.54, 1.807) is 0 Å². The van der Waals surface area contributed by atoms with Crippen molar-refractivity contribution < 1.29 is 10.2 Å². The number of aromatic nitrogens is 1. The maximum Gasteiger partial charge on any atom is 0.0799 e. The molecule has 0 amide bonds. The van der Waals surface area contributed by atoms with E-state index in [4.69, 9.17) is 5.11 Å². The van der Waals surface area contributed by atoms with E-state index >= 15 is 0 Å². The summed E-state index contributed by atoms with van der Waals surface area (Å²) in [6, 6.07) is 8.43. The van der Waals surface area contributed by atoms with Gasteiger partial charge in [0.05, 0.1) is 12.7 Å². The molecule has 1 atom stereocenters. The van der Waals surface area contributed by atoms with E-state index in [0.29, 0.717) is 0 Å². The Bertz CT molecular complexity index is 589. The van der Waals surface area contributed by atoms with Crippen LogP contribution in [0, 0.1) is 5.92 Å². The van der Waals surface area contributed by atoms with E-state index < -0.39 is 6.10 Å². The molecule has 1 aliphatic heterocycles. The van der Waals surface area contributed by atoms with Gasteiger partial charge < -0.3 is 10.2 Å². The summed E-state index contributed by atoms with van der Waals surface area (Å²) in [6.45, 7) is 2.76. The maximum absolute atomic E-state index is 9.72. The number of aliphatic hydroxyl groups is 2. The second-order valence-electron chi connectivity index (χ2n) is 5.88. The van der Waals surface area contributed by atoms with Gasteiger partial charge >= 0.3 is 0 Å². The number of likely N-dealkylation sites (tertiary alicyclic amines) is 1. The molecule has 1 unspecified atom stereocenters. The molecule has 0 radical (unpaired) electrons. The average molecular weight is 286 g/mol. The second-order valence-corrected chi connectivity index (χ2v) is 5.88. The molecule has 1 saturated heterocycles. The zero-order chi connectivity index (χ0) is 14.7. The molecular formula is C17H22N2O2. The Balaban J connectivity index is 1.67. The third-order valence-electron chi connectivity index (χ3n) is 4.53. The fraction of sp³-hybridized carbons (Fsp3) is 0.471. The van der Waals surface area contributed by atoms with Crippen molar-refractivity contribution in [1.29, 1.82) is 0 Å². The van der Waals surface area contributed by atoms with E-state index in [1.165, 1.54) is 16.3 Å². The molecule has 0 spiro atoms. The Hall–Kier alpha value is -1.49. The predicted octanol–water partition coefficient (Wildman–Crippen LogP) is 1.80. The molecule has 112 valence electrons. The van der Waals surface area contributed by atoms with Crippen LogP contribution in [-0.4, -0.2) is 45.9 Å². The van der Waals surface area contributed by atoms with Gasteiger partial charge in [-0.05, 0) is 48.9 Å². The predicted molar refractivity (Wildman–Crippen MR) is 82.8 cm³/mol. The summed E-state index contributed by atoms with van der Waals surface area (Å²) in [7, 11) is 0. The van der Waals surface area contributed by atoms with Gasteiger partial charge in [-0.15, -0.1) is 0 Å². The number of aliphatic hydroxyl groups excluding tert-OH is 2. The van der Waals surface area contributed by atoms with Crippen LogP contribution in [0.15, 0.2) is 36.7 Å². The Morgan fingerprint density at radius 2 is 2.05 bits per heavy atom. The van der Waals surface area contributed by atoms with Crippen LogP contribution in [0.3, 0.4) is 0 Å². The Labute approximate surface area is 125 Å². The molecule has 0 bridgehead atoms. The molecule has 1 aliphatic rings. The lowest BCUT2D eigenvalue weighted by molar-refractivity contribution is 0.0172. The van der Waals surface area contributed by atoms with E-state index in [0.717, 1.165) is 32.5 Å². The first-order valence-corrected chi connectivity index (χ1v) is 7.61. The van der Waals surface area contributed by atoms with Crippen molar-refractivity contribution >= 4 is 10.8 Å². The summed E-state index contributed by atoms with van der Waals surface area (Å²) in [4.78, 5) is 6.60. The lowest BCUT2D eigenvalue weighted by Crippen LogP contribution is -2.38. The highest BCUT2D eigenvalue weighted by molar-refractivity contribution is 5.84. The lowest BCUT2D eigenvalue weighted by Gasteiger charge is -2.33. The van der Waals surface area contributed by atoms with E-state index in [-0.39, 0.29) is 12.5 Å². The summed E-state index contributed by atoms with van der Waals surface area (Å²) in [5.41, 5.74) is 1.33. The van der Waals surface area contributed by atoms with Crippen LogP contribution in [0.1, 0.15) is 18.4 Å². The molecule has 4 nitrogen and oxygen atoms in total. The summed E-state index contributed by atoms with van der Waals surface area (Å²) in [5, 5.41) is 21.2. The highest BCUT2D eigenvalue weighted by Crippen LogP contribution is 2.24. The van der Waals surface area contributed by atoms with Crippen molar-refractivity contribution in [3.05, 3.63) is 42.2 Å². The zero-order valence-electron chi connectivity index (χ0n) is 12.2. The minimum Gasteiger partial charge on any atom is -0.394 e. The third-order valence-corrected chi connectivity index (χ3v) is 4.53. The number of piperidine rings is 1. The second kappa shape index (κ2) is 6.52.